The molecule has 0 saturated heterocycles. The molecule has 1 aromatic carbocycles. The Kier molecular flexibility index (Phi) is 7.49. The summed E-state index contributed by atoms with van der Waals surface area (Å²) in [7, 11) is -1.81. The number of hydrogen-bond donors (Lipinski definition) is 2. The van der Waals surface area contributed by atoms with E-state index in [1.54, 1.807) is 12.1 Å². The number of ether oxygens (including phenoxy) is 2. The molecule has 22 heavy (non-hydrogen) atoms. The molecule has 0 atom stereocenters. The van der Waals surface area contributed by atoms with Crippen LogP contribution in [0.1, 0.15) is 12.0 Å². The minimum absolute atomic E-state index is 0.00163. The highest BCUT2D eigenvalue weighted by Crippen LogP contribution is 2.32. The van der Waals surface area contributed by atoms with Crippen LogP contribution in [0.25, 0.3) is 0 Å². The van der Waals surface area contributed by atoms with Crippen molar-refractivity contribution < 1.29 is 26.7 Å². The van der Waals surface area contributed by atoms with Crippen LogP contribution >= 0.6 is 0 Å². The summed E-state index contributed by atoms with van der Waals surface area (Å²) >= 11 is 0. The summed E-state index contributed by atoms with van der Waals surface area (Å²) in [6.07, 6.45) is 1.66. The zero-order valence-corrected chi connectivity index (χ0v) is 13.3. The van der Waals surface area contributed by atoms with Crippen molar-refractivity contribution in [2.45, 2.75) is 19.6 Å². The third-order valence-electron chi connectivity index (χ3n) is 2.70. The lowest BCUT2D eigenvalue weighted by Crippen LogP contribution is -2.26. The van der Waals surface area contributed by atoms with Gasteiger partial charge in [0, 0.05) is 18.7 Å². The number of nitrogens with one attached hydrogen (secondary N) is 2. The zero-order chi connectivity index (χ0) is 16.6. The molecule has 0 aliphatic carbocycles. The van der Waals surface area contributed by atoms with Crippen LogP contribution in [0.2, 0.25) is 0 Å². The molecule has 0 amide bonds. The van der Waals surface area contributed by atoms with Gasteiger partial charge in [0.15, 0.2) is 11.5 Å². The SMILES string of the molecule is COc1cccc(CNCCCNS(C)(=O)=O)c1OC(F)F. The predicted octanol–water partition coefficient (Wildman–Crippen LogP) is 1.33. The molecule has 6 nitrogen and oxygen atoms in total. The third-order valence-corrected chi connectivity index (χ3v) is 3.43. The van der Waals surface area contributed by atoms with Gasteiger partial charge in [0.1, 0.15) is 0 Å². The summed E-state index contributed by atoms with van der Waals surface area (Å²) in [6.45, 7) is -1.80. The van der Waals surface area contributed by atoms with E-state index in [4.69, 9.17) is 4.74 Å². The van der Waals surface area contributed by atoms with Gasteiger partial charge in [-0.15, -0.1) is 0 Å². The molecular formula is C13H20F2N2O4S. The molecule has 0 saturated carbocycles. The largest absolute Gasteiger partial charge is 0.493 e. The smallest absolute Gasteiger partial charge is 0.387 e. The van der Waals surface area contributed by atoms with Gasteiger partial charge in [-0.1, -0.05) is 12.1 Å². The van der Waals surface area contributed by atoms with Crippen LogP contribution in [-0.2, 0) is 16.6 Å². The van der Waals surface area contributed by atoms with Crippen LogP contribution in [0.3, 0.4) is 0 Å². The van der Waals surface area contributed by atoms with E-state index >= 15 is 0 Å². The minimum atomic E-state index is -3.19. The van der Waals surface area contributed by atoms with Crippen LogP contribution < -0.4 is 19.5 Å². The van der Waals surface area contributed by atoms with E-state index in [1.165, 1.54) is 13.2 Å². The molecule has 0 aliphatic heterocycles. The van der Waals surface area contributed by atoms with Gasteiger partial charge in [-0.2, -0.15) is 8.78 Å². The molecule has 1 rings (SSSR count). The molecule has 126 valence electrons. The molecule has 1 aromatic rings. The Balaban J connectivity index is 2.51. The Morgan fingerprint density at radius 3 is 2.59 bits per heavy atom. The van der Waals surface area contributed by atoms with Crippen LogP contribution in [0.4, 0.5) is 8.78 Å². The molecule has 0 heterocycles. The predicted molar refractivity (Wildman–Crippen MR) is 78.8 cm³/mol. The number of halogens is 2. The number of hydrogen-bond acceptors (Lipinski definition) is 5. The van der Waals surface area contributed by atoms with E-state index in [1.807, 2.05) is 0 Å². The van der Waals surface area contributed by atoms with E-state index in [0.29, 0.717) is 31.6 Å². The number of rotatable bonds is 10. The van der Waals surface area contributed by atoms with Gasteiger partial charge in [-0.25, -0.2) is 13.1 Å². The molecule has 2 N–H and O–H groups in total. The van der Waals surface area contributed by atoms with Crippen molar-refractivity contribution >= 4 is 10.0 Å². The maximum Gasteiger partial charge on any atom is 0.387 e. The summed E-state index contributed by atoms with van der Waals surface area (Å²) in [5, 5.41) is 3.04. The normalized spacial score (nSPS) is 11.7. The number of sulfonamides is 1. The van der Waals surface area contributed by atoms with Crippen LogP contribution in [0.5, 0.6) is 11.5 Å². The van der Waals surface area contributed by atoms with Crippen LogP contribution in [0.15, 0.2) is 18.2 Å². The number of benzene rings is 1. The first-order valence-electron chi connectivity index (χ1n) is 6.59. The van der Waals surface area contributed by atoms with E-state index in [9.17, 15) is 17.2 Å². The molecular weight excluding hydrogens is 318 g/mol. The van der Waals surface area contributed by atoms with Crippen molar-refractivity contribution in [2.24, 2.45) is 0 Å². The van der Waals surface area contributed by atoms with Crippen molar-refractivity contribution in [2.75, 3.05) is 26.5 Å². The summed E-state index contributed by atoms with van der Waals surface area (Å²) in [5.41, 5.74) is 0.538. The minimum Gasteiger partial charge on any atom is -0.493 e. The maximum absolute atomic E-state index is 12.5. The van der Waals surface area contributed by atoms with Crippen molar-refractivity contribution in [3.05, 3.63) is 23.8 Å². The van der Waals surface area contributed by atoms with E-state index < -0.39 is 16.6 Å². The average Bonchev–Trinajstić information content (AvgIpc) is 2.42. The number of methoxy groups -OCH3 is 1. The lowest BCUT2D eigenvalue weighted by atomic mass is 10.2. The number of para-hydroxylation sites is 1. The Labute approximate surface area is 128 Å². The summed E-state index contributed by atoms with van der Waals surface area (Å²) in [6, 6.07) is 4.87. The summed E-state index contributed by atoms with van der Waals surface area (Å²) < 4.78 is 58.5. The first-order chi connectivity index (χ1) is 10.3. The lowest BCUT2D eigenvalue weighted by molar-refractivity contribution is -0.0518. The van der Waals surface area contributed by atoms with Crippen molar-refractivity contribution in [3.8, 4) is 11.5 Å². The molecule has 0 fully saturated rings. The highest BCUT2D eigenvalue weighted by Gasteiger charge is 2.14. The molecule has 0 radical (unpaired) electrons. The quantitative estimate of drug-likeness (QED) is 0.630. The maximum atomic E-state index is 12.5. The van der Waals surface area contributed by atoms with Crippen molar-refractivity contribution in [1.82, 2.24) is 10.0 Å². The topological polar surface area (TPSA) is 76.7 Å². The molecule has 0 bridgehead atoms. The fourth-order valence-electron chi connectivity index (χ4n) is 1.78. The fraction of sp³-hybridized carbons (Fsp3) is 0.538. The highest BCUT2D eigenvalue weighted by molar-refractivity contribution is 7.88. The van der Waals surface area contributed by atoms with Gasteiger partial charge < -0.3 is 14.8 Å². The molecule has 9 heteroatoms. The van der Waals surface area contributed by atoms with Gasteiger partial charge >= 0.3 is 6.61 Å². The van der Waals surface area contributed by atoms with Crippen LogP contribution in [0, 0.1) is 0 Å². The van der Waals surface area contributed by atoms with Gasteiger partial charge in [0.2, 0.25) is 10.0 Å². The fourth-order valence-corrected chi connectivity index (χ4v) is 2.29. The van der Waals surface area contributed by atoms with E-state index in [2.05, 4.69) is 14.8 Å². The zero-order valence-electron chi connectivity index (χ0n) is 12.4. The monoisotopic (exact) mass is 338 g/mol. The lowest BCUT2D eigenvalue weighted by Gasteiger charge is -2.14. The Morgan fingerprint density at radius 2 is 2.00 bits per heavy atom. The second-order valence-electron chi connectivity index (χ2n) is 4.52. The first kappa shape index (κ1) is 18.6. The van der Waals surface area contributed by atoms with Gasteiger partial charge in [0.25, 0.3) is 0 Å². The second kappa shape index (κ2) is 8.86. The van der Waals surface area contributed by atoms with Gasteiger partial charge in [-0.05, 0) is 19.0 Å². The first-order valence-corrected chi connectivity index (χ1v) is 8.48. The summed E-state index contributed by atoms with van der Waals surface area (Å²) in [5.74, 6) is 0.236. The Bertz CT molecular complexity index is 567. The highest BCUT2D eigenvalue weighted by atomic mass is 32.2. The van der Waals surface area contributed by atoms with Crippen LogP contribution in [-0.4, -0.2) is 41.5 Å². The second-order valence-corrected chi connectivity index (χ2v) is 6.36. The summed E-state index contributed by atoms with van der Waals surface area (Å²) in [4.78, 5) is 0. The standard InChI is InChI=1S/C13H20F2N2O4S/c1-20-11-6-3-5-10(12(11)21-13(14)15)9-16-7-4-8-17-22(2,18)19/h3,5-6,13,16-17H,4,7-9H2,1-2H3. The average molecular weight is 338 g/mol. The number of alkyl halides is 2. The third kappa shape index (κ3) is 7.01. The molecule has 0 aliphatic rings. The van der Waals surface area contributed by atoms with E-state index in [-0.39, 0.29) is 11.5 Å². The van der Waals surface area contributed by atoms with Crippen molar-refractivity contribution in [1.29, 1.82) is 0 Å². The molecule has 0 unspecified atom stereocenters. The molecule has 0 aromatic heterocycles. The molecule has 0 spiro atoms. The Morgan fingerprint density at radius 1 is 1.27 bits per heavy atom. The Hall–Kier alpha value is -1.45. The van der Waals surface area contributed by atoms with Crippen molar-refractivity contribution in [3.63, 3.8) is 0 Å². The van der Waals surface area contributed by atoms with Gasteiger partial charge in [-0.3, -0.25) is 0 Å². The van der Waals surface area contributed by atoms with E-state index in [0.717, 1.165) is 6.26 Å². The van der Waals surface area contributed by atoms with Gasteiger partial charge in [0.05, 0.1) is 13.4 Å².